The summed E-state index contributed by atoms with van der Waals surface area (Å²) in [6.07, 6.45) is 9.94. The Morgan fingerprint density at radius 3 is 2.33 bits per heavy atom. The quantitative estimate of drug-likeness (QED) is 0.301. The maximum absolute atomic E-state index is 14.9. The summed E-state index contributed by atoms with van der Waals surface area (Å²) in [5, 5.41) is 14.5. The summed E-state index contributed by atoms with van der Waals surface area (Å²) < 4.78 is 0. The van der Waals surface area contributed by atoms with Gasteiger partial charge >= 0.3 is 0 Å². The number of nitrogens with zero attached hydrogens (tertiary/aromatic N) is 1. The molecule has 4 saturated carbocycles. The molecule has 0 radical (unpaired) electrons. The number of rotatable bonds is 5. The molecule has 48 heavy (non-hydrogen) atoms. The number of aromatic amines is 1. The molecule has 260 valence electrons. The molecule has 2 aromatic rings. The number of H-pyrrole nitrogens is 1. The molecule has 8 atom stereocenters. The number of imidazole rings is 1. The molecule has 1 heterocycles. The van der Waals surface area contributed by atoms with Crippen LogP contribution >= 0.6 is 0 Å². The van der Waals surface area contributed by atoms with Crippen molar-refractivity contribution in [3.63, 3.8) is 0 Å². The van der Waals surface area contributed by atoms with E-state index in [-0.39, 0.29) is 57.7 Å². The third kappa shape index (κ3) is 4.49. The number of benzene rings is 1. The van der Waals surface area contributed by atoms with Crippen molar-refractivity contribution >= 4 is 11.7 Å². The van der Waals surface area contributed by atoms with Crippen molar-refractivity contribution in [3.05, 3.63) is 53.5 Å². The van der Waals surface area contributed by atoms with Crippen LogP contribution < -0.4 is 5.32 Å². The summed E-state index contributed by atoms with van der Waals surface area (Å²) >= 11 is 0. The van der Waals surface area contributed by atoms with Crippen LogP contribution in [0.4, 0.5) is 0 Å². The first-order valence-electron chi connectivity index (χ1n) is 18.8. The number of nitrogens with one attached hydrogen (secondary N) is 2. The highest BCUT2D eigenvalue weighted by Crippen LogP contribution is 2.76. The van der Waals surface area contributed by atoms with E-state index in [1.54, 1.807) is 0 Å². The number of carbonyl (C=O) groups excluding carboxylic acids is 2. The number of aliphatic hydroxyl groups is 1. The molecular weight excluding hydrogens is 594 g/mol. The van der Waals surface area contributed by atoms with Crippen molar-refractivity contribution in [2.24, 2.45) is 50.7 Å². The average molecular weight is 654 g/mol. The second-order valence-electron chi connectivity index (χ2n) is 18.7. The maximum Gasteiger partial charge on any atom is 0.231 e. The Morgan fingerprint density at radius 2 is 1.65 bits per heavy atom. The van der Waals surface area contributed by atoms with Gasteiger partial charge in [0, 0.05) is 6.42 Å². The van der Waals surface area contributed by atoms with Crippen molar-refractivity contribution < 1.29 is 14.7 Å². The molecule has 6 heteroatoms. The van der Waals surface area contributed by atoms with Crippen LogP contribution in [-0.2, 0) is 15.1 Å². The van der Waals surface area contributed by atoms with Crippen LogP contribution in [0.15, 0.2) is 47.7 Å². The number of allylic oxidation sites excluding steroid dienone is 1. The van der Waals surface area contributed by atoms with Gasteiger partial charge in [-0.05, 0) is 127 Å². The van der Waals surface area contributed by atoms with E-state index in [1.807, 2.05) is 38.2 Å². The Bertz CT molecular complexity index is 1650. The fraction of sp³-hybridized carbons (Fsp3) is 0.690. The van der Waals surface area contributed by atoms with Crippen molar-refractivity contribution in [2.45, 2.75) is 132 Å². The Balaban J connectivity index is 1.24. The Morgan fingerprint density at radius 1 is 0.938 bits per heavy atom. The molecule has 0 saturated heterocycles. The van der Waals surface area contributed by atoms with Crippen LogP contribution in [0.2, 0.25) is 0 Å². The molecule has 7 rings (SSSR count). The van der Waals surface area contributed by atoms with Crippen molar-refractivity contribution in [3.8, 4) is 11.3 Å². The summed E-state index contributed by atoms with van der Waals surface area (Å²) in [6, 6.07) is 10.1. The fourth-order valence-electron chi connectivity index (χ4n) is 12.8. The van der Waals surface area contributed by atoms with E-state index in [4.69, 9.17) is 4.98 Å². The number of amides is 1. The molecule has 1 aromatic heterocycles. The summed E-state index contributed by atoms with van der Waals surface area (Å²) in [5.74, 6) is 2.23. The number of ketones is 1. The lowest BCUT2D eigenvalue weighted by Gasteiger charge is -2.72. The number of aliphatic hydroxyl groups excluding tert-OH is 1. The zero-order chi connectivity index (χ0) is 34.7. The lowest BCUT2D eigenvalue weighted by molar-refractivity contribution is -0.228. The van der Waals surface area contributed by atoms with Crippen molar-refractivity contribution in [2.75, 3.05) is 0 Å². The molecule has 0 spiro atoms. The fourth-order valence-corrected chi connectivity index (χ4v) is 12.8. The number of hydrogen-bond donors (Lipinski definition) is 3. The topological polar surface area (TPSA) is 95.1 Å². The average Bonchev–Trinajstić information content (AvgIpc) is 3.64. The van der Waals surface area contributed by atoms with Crippen LogP contribution in [0.1, 0.15) is 126 Å². The van der Waals surface area contributed by atoms with Crippen LogP contribution in [0, 0.1) is 50.7 Å². The molecule has 1 aromatic carbocycles. The monoisotopic (exact) mass is 653 g/mol. The second kappa shape index (κ2) is 10.9. The number of fused-ring (bicyclic) bond motifs is 7. The third-order valence-corrected chi connectivity index (χ3v) is 15.5. The van der Waals surface area contributed by atoms with Gasteiger partial charge in [0.2, 0.25) is 5.91 Å². The zero-order valence-electron chi connectivity index (χ0n) is 30.9. The molecule has 4 fully saturated rings. The minimum Gasteiger partial charge on any atom is -0.393 e. The highest BCUT2D eigenvalue weighted by Gasteiger charge is 2.71. The molecule has 0 unspecified atom stereocenters. The summed E-state index contributed by atoms with van der Waals surface area (Å²) in [5.41, 5.74) is 2.73. The lowest BCUT2D eigenvalue weighted by atomic mass is 9.33. The van der Waals surface area contributed by atoms with Gasteiger partial charge in [0.15, 0.2) is 5.78 Å². The molecule has 0 aliphatic heterocycles. The Kier molecular flexibility index (Phi) is 7.65. The van der Waals surface area contributed by atoms with E-state index >= 15 is 0 Å². The van der Waals surface area contributed by atoms with Gasteiger partial charge in [0.05, 0.1) is 28.9 Å². The SMILES string of the molecule is CC(C)C1=C2[C@H]3CC[C@@H]4[C@@]5(C)CC[C@H](O)C(C)(C)[C@@H]5CC[C@@]4(C)[C@]3(C)CC[C@@]2(C(=O)NC(C)(C)c2ncc(-c3ccccc3)[nH]2)CC1=O. The normalized spacial score (nSPS) is 39.0. The van der Waals surface area contributed by atoms with Crippen molar-refractivity contribution in [1.82, 2.24) is 15.3 Å². The highest BCUT2D eigenvalue weighted by atomic mass is 16.3. The largest absolute Gasteiger partial charge is 0.393 e. The number of hydrogen-bond acceptors (Lipinski definition) is 4. The van der Waals surface area contributed by atoms with E-state index in [0.29, 0.717) is 24.1 Å². The standard InChI is InChI=1S/C42H59N3O3/c1-25(2)33-29(46)23-42(36(48)45-38(5,6)35-43-24-28(44-35)26-13-11-10-12-14-26)22-21-40(8)27(34(33)42)15-16-31-39(7)19-18-32(47)37(3,4)30(39)17-20-41(31,40)9/h10-14,24-25,27,30-32,47H,15-23H2,1-9H3,(H,43,44)(H,45,48)/t27-,30+,31-,32+,39+,40-,41-,42-/m1/s1. The highest BCUT2D eigenvalue weighted by molar-refractivity contribution is 6.07. The van der Waals surface area contributed by atoms with E-state index < -0.39 is 11.0 Å². The van der Waals surface area contributed by atoms with Gasteiger partial charge in [-0.25, -0.2) is 4.98 Å². The summed E-state index contributed by atoms with van der Waals surface area (Å²) in [4.78, 5) is 37.2. The van der Waals surface area contributed by atoms with Crippen LogP contribution in [0.3, 0.4) is 0 Å². The van der Waals surface area contributed by atoms with Crippen LogP contribution in [0.25, 0.3) is 11.3 Å². The Labute approximate surface area is 288 Å². The lowest BCUT2D eigenvalue weighted by Crippen LogP contribution is -2.66. The maximum atomic E-state index is 14.9. The minimum atomic E-state index is -0.811. The molecule has 6 nitrogen and oxygen atoms in total. The first-order valence-corrected chi connectivity index (χ1v) is 18.8. The van der Waals surface area contributed by atoms with E-state index in [0.717, 1.165) is 61.8 Å². The molecule has 1 amide bonds. The summed E-state index contributed by atoms with van der Waals surface area (Å²) in [6.45, 7) is 20.6. The zero-order valence-corrected chi connectivity index (χ0v) is 30.9. The van der Waals surface area contributed by atoms with Crippen molar-refractivity contribution in [1.29, 1.82) is 0 Å². The molecule has 3 N–H and O–H groups in total. The van der Waals surface area contributed by atoms with E-state index in [2.05, 4.69) is 70.9 Å². The molecular formula is C42H59N3O3. The first kappa shape index (κ1) is 33.8. The van der Waals surface area contributed by atoms with Crippen LogP contribution in [0.5, 0.6) is 0 Å². The van der Waals surface area contributed by atoms with Gasteiger partial charge in [0.1, 0.15) is 5.82 Å². The van der Waals surface area contributed by atoms with Crippen LogP contribution in [-0.4, -0.2) is 32.9 Å². The van der Waals surface area contributed by atoms with E-state index in [9.17, 15) is 14.7 Å². The third-order valence-electron chi connectivity index (χ3n) is 15.5. The second-order valence-corrected chi connectivity index (χ2v) is 18.7. The summed E-state index contributed by atoms with van der Waals surface area (Å²) in [7, 11) is 0. The number of aromatic nitrogens is 2. The number of Topliss-reactive ketones (excluding diaryl/α,β-unsaturated/α-hetero) is 1. The van der Waals surface area contributed by atoms with Gasteiger partial charge in [-0.15, -0.1) is 0 Å². The minimum absolute atomic E-state index is 0.00487. The van der Waals surface area contributed by atoms with Gasteiger partial charge < -0.3 is 15.4 Å². The predicted molar refractivity (Wildman–Crippen MR) is 191 cm³/mol. The molecule has 5 aliphatic rings. The molecule has 0 bridgehead atoms. The number of carbonyl (C=O) groups is 2. The van der Waals surface area contributed by atoms with Gasteiger partial charge in [-0.2, -0.15) is 0 Å². The van der Waals surface area contributed by atoms with Gasteiger partial charge in [-0.3, -0.25) is 9.59 Å². The van der Waals surface area contributed by atoms with Gasteiger partial charge in [0.25, 0.3) is 0 Å². The predicted octanol–water partition coefficient (Wildman–Crippen LogP) is 8.77. The molecule has 5 aliphatic carbocycles. The van der Waals surface area contributed by atoms with E-state index in [1.165, 1.54) is 5.57 Å². The smallest absolute Gasteiger partial charge is 0.231 e. The first-order chi connectivity index (χ1) is 22.4. The Hall–Kier alpha value is -2.73. The van der Waals surface area contributed by atoms with Gasteiger partial charge in [-0.1, -0.05) is 78.8 Å².